The standard InChI is InChI=1S/C11H21N3OS/c1-7-6-14(3)5-4-9(7)13-11(15)8(2)10(12)16/h7-9H,4-6H2,1-3H3,(H2,12,16)(H,13,15). The number of carbonyl (C=O) groups excluding carboxylic acids is 1. The predicted molar refractivity (Wildman–Crippen MR) is 69.2 cm³/mol. The van der Waals surface area contributed by atoms with E-state index in [-0.39, 0.29) is 22.9 Å². The van der Waals surface area contributed by atoms with Crippen LogP contribution in [0, 0.1) is 11.8 Å². The van der Waals surface area contributed by atoms with Crippen molar-refractivity contribution in [1.82, 2.24) is 10.2 Å². The molecule has 0 aliphatic carbocycles. The van der Waals surface area contributed by atoms with Gasteiger partial charge in [0.2, 0.25) is 5.91 Å². The lowest BCUT2D eigenvalue weighted by Gasteiger charge is -2.35. The zero-order valence-corrected chi connectivity index (χ0v) is 11.0. The maximum absolute atomic E-state index is 11.8. The molecular formula is C11H21N3OS. The quantitative estimate of drug-likeness (QED) is 0.703. The van der Waals surface area contributed by atoms with Gasteiger partial charge in [0.25, 0.3) is 0 Å². The van der Waals surface area contributed by atoms with Crippen molar-refractivity contribution in [2.45, 2.75) is 26.3 Å². The molecule has 0 aromatic carbocycles. The normalized spacial score (nSPS) is 28.4. The Bertz CT molecular complexity index is 282. The zero-order chi connectivity index (χ0) is 12.3. The van der Waals surface area contributed by atoms with Crippen LogP contribution < -0.4 is 11.1 Å². The SMILES string of the molecule is CC(C(=O)NC1CCN(C)CC1C)C(N)=S. The molecule has 1 aliphatic rings. The van der Waals surface area contributed by atoms with E-state index < -0.39 is 0 Å². The Morgan fingerprint density at radius 1 is 1.62 bits per heavy atom. The van der Waals surface area contributed by atoms with Gasteiger partial charge in [-0.25, -0.2) is 0 Å². The van der Waals surface area contributed by atoms with E-state index in [4.69, 9.17) is 18.0 Å². The monoisotopic (exact) mass is 243 g/mol. The Morgan fingerprint density at radius 2 is 2.25 bits per heavy atom. The molecule has 5 heteroatoms. The van der Waals surface area contributed by atoms with Crippen molar-refractivity contribution in [2.75, 3.05) is 20.1 Å². The highest BCUT2D eigenvalue weighted by atomic mass is 32.1. The largest absolute Gasteiger partial charge is 0.393 e. The number of thiocarbonyl (C=S) groups is 1. The summed E-state index contributed by atoms with van der Waals surface area (Å²) in [5, 5.41) is 3.04. The summed E-state index contributed by atoms with van der Waals surface area (Å²) in [6.07, 6.45) is 0.994. The maximum Gasteiger partial charge on any atom is 0.229 e. The van der Waals surface area contributed by atoms with E-state index in [0.717, 1.165) is 19.5 Å². The van der Waals surface area contributed by atoms with Gasteiger partial charge in [-0.05, 0) is 32.9 Å². The Balaban J connectivity index is 2.48. The van der Waals surface area contributed by atoms with E-state index in [9.17, 15) is 4.79 Å². The van der Waals surface area contributed by atoms with E-state index in [2.05, 4.69) is 24.2 Å². The van der Waals surface area contributed by atoms with E-state index in [1.54, 1.807) is 6.92 Å². The molecule has 3 N–H and O–H groups in total. The Morgan fingerprint density at radius 3 is 2.75 bits per heavy atom. The molecule has 1 rings (SSSR count). The van der Waals surface area contributed by atoms with Gasteiger partial charge in [0.05, 0.1) is 10.9 Å². The molecule has 0 aromatic heterocycles. The van der Waals surface area contributed by atoms with Crippen molar-refractivity contribution >= 4 is 23.1 Å². The van der Waals surface area contributed by atoms with Gasteiger partial charge < -0.3 is 16.0 Å². The molecule has 16 heavy (non-hydrogen) atoms. The van der Waals surface area contributed by atoms with Crippen molar-refractivity contribution in [1.29, 1.82) is 0 Å². The van der Waals surface area contributed by atoms with Gasteiger partial charge in [-0.15, -0.1) is 0 Å². The van der Waals surface area contributed by atoms with Gasteiger partial charge in [0.1, 0.15) is 0 Å². The van der Waals surface area contributed by atoms with Crippen LogP contribution >= 0.6 is 12.2 Å². The number of hydrogen-bond acceptors (Lipinski definition) is 3. The van der Waals surface area contributed by atoms with Crippen molar-refractivity contribution in [2.24, 2.45) is 17.6 Å². The molecule has 92 valence electrons. The van der Waals surface area contributed by atoms with E-state index >= 15 is 0 Å². The van der Waals surface area contributed by atoms with E-state index in [0.29, 0.717) is 5.92 Å². The Labute approximate surface area is 103 Å². The highest BCUT2D eigenvalue weighted by Gasteiger charge is 2.27. The van der Waals surface area contributed by atoms with Crippen molar-refractivity contribution in [3.8, 4) is 0 Å². The zero-order valence-electron chi connectivity index (χ0n) is 10.2. The third-order valence-electron chi connectivity index (χ3n) is 3.26. The van der Waals surface area contributed by atoms with Crippen molar-refractivity contribution in [3.63, 3.8) is 0 Å². The average Bonchev–Trinajstić information content (AvgIpc) is 2.20. The summed E-state index contributed by atoms with van der Waals surface area (Å²) in [5.74, 6) is 0.0528. The first-order valence-electron chi connectivity index (χ1n) is 5.70. The predicted octanol–water partition coefficient (Wildman–Crippen LogP) is 0.365. The first-order valence-corrected chi connectivity index (χ1v) is 6.11. The van der Waals surface area contributed by atoms with Crippen LogP contribution in [-0.2, 0) is 4.79 Å². The molecule has 1 saturated heterocycles. The first-order chi connectivity index (χ1) is 7.41. The first kappa shape index (κ1) is 13.4. The lowest BCUT2D eigenvalue weighted by atomic mass is 9.93. The number of nitrogens with zero attached hydrogens (tertiary/aromatic N) is 1. The summed E-state index contributed by atoms with van der Waals surface area (Å²) >= 11 is 4.82. The van der Waals surface area contributed by atoms with Crippen LogP contribution in [-0.4, -0.2) is 42.0 Å². The fraction of sp³-hybridized carbons (Fsp3) is 0.818. The maximum atomic E-state index is 11.8. The molecule has 3 atom stereocenters. The minimum atomic E-state index is -0.373. The third kappa shape index (κ3) is 3.42. The van der Waals surface area contributed by atoms with Crippen molar-refractivity contribution in [3.05, 3.63) is 0 Å². The van der Waals surface area contributed by atoms with Gasteiger partial charge in [-0.2, -0.15) is 0 Å². The second-order valence-electron chi connectivity index (χ2n) is 4.77. The van der Waals surface area contributed by atoms with Crippen LogP contribution in [0.3, 0.4) is 0 Å². The number of nitrogens with two attached hydrogens (primary N) is 1. The number of rotatable bonds is 3. The van der Waals surface area contributed by atoms with Crippen LogP contribution in [0.2, 0.25) is 0 Å². The molecule has 3 unspecified atom stereocenters. The number of carbonyl (C=O) groups is 1. The Kier molecular flexibility index (Phi) is 4.68. The highest BCUT2D eigenvalue weighted by Crippen LogP contribution is 2.15. The minimum absolute atomic E-state index is 0.0473. The van der Waals surface area contributed by atoms with Gasteiger partial charge in [0, 0.05) is 12.6 Å². The Hall–Kier alpha value is -0.680. The van der Waals surface area contributed by atoms with Gasteiger partial charge in [-0.3, -0.25) is 4.79 Å². The van der Waals surface area contributed by atoms with Crippen LogP contribution in [0.4, 0.5) is 0 Å². The van der Waals surface area contributed by atoms with Crippen LogP contribution in [0.15, 0.2) is 0 Å². The van der Waals surface area contributed by atoms with Gasteiger partial charge in [-0.1, -0.05) is 19.1 Å². The lowest BCUT2D eigenvalue weighted by Crippen LogP contribution is -2.51. The fourth-order valence-corrected chi connectivity index (χ4v) is 2.11. The second kappa shape index (κ2) is 5.59. The number of likely N-dealkylation sites (tertiary alicyclic amines) is 1. The molecular weight excluding hydrogens is 222 g/mol. The third-order valence-corrected chi connectivity index (χ3v) is 3.61. The van der Waals surface area contributed by atoms with Crippen LogP contribution in [0.25, 0.3) is 0 Å². The molecule has 0 radical (unpaired) electrons. The highest BCUT2D eigenvalue weighted by molar-refractivity contribution is 7.80. The summed E-state index contributed by atoms with van der Waals surface area (Å²) in [6.45, 7) is 5.95. The summed E-state index contributed by atoms with van der Waals surface area (Å²) in [7, 11) is 2.10. The molecule has 1 aliphatic heterocycles. The van der Waals surface area contributed by atoms with Crippen LogP contribution in [0.1, 0.15) is 20.3 Å². The molecule has 1 heterocycles. The van der Waals surface area contributed by atoms with Gasteiger partial charge >= 0.3 is 0 Å². The number of piperidine rings is 1. The van der Waals surface area contributed by atoms with Gasteiger partial charge in [0.15, 0.2) is 0 Å². The summed E-state index contributed by atoms with van der Waals surface area (Å²) < 4.78 is 0. The molecule has 0 aromatic rings. The molecule has 0 bridgehead atoms. The molecule has 1 amide bonds. The topological polar surface area (TPSA) is 58.4 Å². The summed E-state index contributed by atoms with van der Waals surface area (Å²) in [5.41, 5.74) is 5.46. The molecule has 4 nitrogen and oxygen atoms in total. The number of nitrogens with one attached hydrogen (secondary N) is 1. The number of amides is 1. The molecule has 1 fully saturated rings. The van der Waals surface area contributed by atoms with E-state index in [1.165, 1.54) is 0 Å². The molecule has 0 saturated carbocycles. The van der Waals surface area contributed by atoms with Crippen molar-refractivity contribution < 1.29 is 4.79 Å². The average molecular weight is 243 g/mol. The van der Waals surface area contributed by atoms with Crippen LogP contribution in [0.5, 0.6) is 0 Å². The smallest absolute Gasteiger partial charge is 0.229 e. The second-order valence-corrected chi connectivity index (χ2v) is 5.24. The molecule has 0 spiro atoms. The number of hydrogen-bond donors (Lipinski definition) is 2. The fourth-order valence-electron chi connectivity index (χ4n) is 2.01. The lowest BCUT2D eigenvalue weighted by molar-refractivity contribution is -0.124. The van der Waals surface area contributed by atoms with E-state index in [1.807, 2.05) is 0 Å². The minimum Gasteiger partial charge on any atom is -0.393 e. The summed E-state index contributed by atoms with van der Waals surface area (Å²) in [4.78, 5) is 14.3. The summed E-state index contributed by atoms with van der Waals surface area (Å²) in [6, 6.07) is 0.250.